The molecule has 1 aromatic heterocycles. The number of carboxylic acids is 1. The lowest BCUT2D eigenvalue weighted by Crippen LogP contribution is -2.23. The first-order valence-electron chi connectivity index (χ1n) is 7.71. The third-order valence-corrected chi connectivity index (χ3v) is 4.62. The zero-order valence-electron chi connectivity index (χ0n) is 11.9. The van der Waals surface area contributed by atoms with Gasteiger partial charge in [-0.1, -0.05) is 19.3 Å². The van der Waals surface area contributed by atoms with Gasteiger partial charge in [-0.15, -0.1) is 0 Å². The molecule has 0 radical (unpaired) electrons. The Balaban J connectivity index is 1.56. The van der Waals surface area contributed by atoms with Gasteiger partial charge in [-0.25, -0.2) is 0 Å². The fourth-order valence-corrected chi connectivity index (χ4v) is 3.42. The summed E-state index contributed by atoms with van der Waals surface area (Å²) in [6.07, 6.45) is 9.32. The lowest BCUT2D eigenvalue weighted by molar-refractivity contribution is -0.141. The van der Waals surface area contributed by atoms with Crippen LogP contribution in [-0.2, 0) is 11.3 Å². The monoisotopic (exact) mass is 277 g/mol. The average molecular weight is 277 g/mol. The van der Waals surface area contributed by atoms with Crippen molar-refractivity contribution in [3.8, 4) is 0 Å². The van der Waals surface area contributed by atoms with E-state index in [-0.39, 0.29) is 5.92 Å². The highest BCUT2D eigenvalue weighted by molar-refractivity contribution is 5.70. The summed E-state index contributed by atoms with van der Waals surface area (Å²) in [5, 5.41) is 13.7. The normalized spacial score (nSPS) is 25.1. The van der Waals surface area contributed by atoms with Crippen molar-refractivity contribution >= 4 is 5.97 Å². The van der Waals surface area contributed by atoms with Gasteiger partial charge in [0.15, 0.2) is 0 Å². The lowest BCUT2D eigenvalue weighted by Gasteiger charge is -2.22. The first-order valence-corrected chi connectivity index (χ1v) is 7.71. The highest BCUT2D eigenvalue weighted by Crippen LogP contribution is 2.27. The standard InChI is InChI=1S/C15H23N3O2/c19-15(20)12-6-8-17(10-12)11-13-7-9-18(16-13)14-4-2-1-3-5-14/h7,9,12,14H,1-6,8,10-11H2,(H,19,20). The van der Waals surface area contributed by atoms with Gasteiger partial charge in [0.05, 0.1) is 17.7 Å². The van der Waals surface area contributed by atoms with E-state index in [0.29, 0.717) is 12.6 Å². The highest BCUT2D eigenvalue weighted by Gasteiger charge is 2.28. The molecular formula is C15H23N3O2. The molecule has 5 heteroatoms. The van der Waals surface area contributed by atoms with Crippen LogP contribution in [0.2, 0.25) is 0 Å². The fourth-order valence-electron chi connectivity index (χ4n) is 3.42. The van der Waals surface area contributed by atoms with Crippen LogP contribution in [0.25, 0.3) is 0 Å². The maximum atomic E-state index is 11.0. The van der Waals surface area contributed by atoms with Gasteiger partial charge in [-0.2, -0.15) is 5.10 Å². The van der Waals surface area contributed by atoms with Gasteiger partial charge < -0.3 is 5.11 Å². The fraction of sp³-hybridized carbons (Fsp3) is 0.733. The summed E-state index contributed by atoms with van der Waals surface area (Å²) in [7, 11) is 0. The molecular weight excluding hydrogens is 254 g/mol. The van der Waals surface area contributed by atoms with E-state index in [0.717, 1.165) is 25.2 Å². The molecule has 0 bridgehead atoms. The molecule has 1 N–H and O–H groups in total. The number of hydrogen-bond donors (Lipinski definition) is 1. The van der Waals surface area contributed by atoms with Crippen LogP contribution in [0.3, 0.4) is 0 Å². The minimum absolute atomic E-state index is 0.199. The second-order valence-electron chi connectivity index (χ2n) is 6.14. The summed E-state index contributed by atoms with van der Waals surface area (Å²) in [6.45, 7) is 2.31. The van der Waals surface area contributed by atoms with Crippen LogP contribution in [0.4, 0.5) is 0 Å². The van der Waals surface area contributed by atoms with Gasteiger partial charge in [0.2, 0.25) is 0 Å². The van der Waals surface area contributed by atoms with Crippen LogP contribution >= 0.6 is 0 Å². The molecule has 110 valence electrons. The van der Waals surface area contributed by atoms with E-state index < -0.39 is 5.97 Å². The minimum Gasteiger partial charge on any atom is -0.481 e. The van der Waals surface area contributed by atoms with Crippen LogP contribution < -0.4 is 0 Å². The molecule has 2 aliphatic rings. The van der Waals surface area contributed by atoms with E-state index in [9.17, 15) is 4.79 Å². The molecule has 1 aliphatic heterocycles. The van der Waals surface area contributed by atoms with Crippen LogP contribution in [0.5, 0.6) is 0 Å². The lowest BCUT2D eigenvalue weighted by atomic mass is 9.96. The van der Waals surface area contributed by atoms with Gasteiger partial charge in [0.1, 0.15) is 0 Å². The van der Waals surface area contributed by atoms with E-state index in [2.05, 4.69) is 21.8 Å². The van der Waals surface area contributed by atoms with Crippen molar-refractivity contribution in [2.45, 2.75) is 51.1 Å². The Labute approximate surface area is 119 Å². The topological polar surface area (TPSA) is 58.4 Å². The molecule has 20 heavy (non-hydrogen) atoms. The number of hydrogen-bond acceptors (Lipinski definition) is 3. The number of aliphatic carboxylic acids is 1. The predicted octanol–water partition coefficient (Wildman–Crippen LogP) is 2.29. The van der Waals surface area contributed by atoms with E-state index in [1.807, 2.05) is 0 Å². The Morgan fingerprint density at radius 1 is 1.30 bits per heavy atom. The van der Waals surface area contributed by atoms with Crippen molar-refractivity contribution in [2.75, 3.05) is 13.1 Å². The number of carboxylic acid groups (broad SMARTS) is 1. The number of rotatable bonds is 4. The van der Waals surface area contributed by atoms with Crippen LogP contribution in [-0.4, -0.2) is 38.8 Å². The maximum Gasteiger partial charge on any atom is 0.307 e. The first kappa shape index (κ1) is 13.6. The number of nitrogens with zero attached hydrogens (tertiary/aromatic N) is 3. The summed E-state index contributed by atoms with van der Waals surface area (Å²) in [4.78, 5) is 13.2. The molecule has 1 atom stereocenters. The molecule has 1 unspecified atom stereocenters. The van der Waals surface area contributed by atoms with Gasteiger partial charge in [-0.05, 0) is 31.9 Å². The Morgan fingerprint density at radius 3 is 2.80 bits per heavy atom. The van der Waals surface area contributed by atoms with Crippen molar-refractivity contribution < 1.29 is 9.90 Å². The largest absolute Gasteiger partial charge is 0.481 e. The number of carbonyl (C=O) groups is 1. The summed E-state index contributed by atoms with van der Waals surface area (Å²) in [6, 6.07) is 2.66. The van der Waals surface area contributed by atoms with E-state index in [4.69, 9.17) is 10.2 Å². The van der Waals surface area contributed by atoms with E-state index in [1.165, 1.54) is 32.1 Å². The zero-order valence-corrected chi connectivity index (χ0v) is 11.9. The van der Waals surface area contributed by atoms with Gasteiger partial charge in [-0.3, -0.25) is 14.4 Å². The molecule has 0 aromatic carbocycles. The van der Waals surface area contributed by atoms with Crippen LogP contribution in [0.15, 0.2) is 12.3 Å². The van der Waals surface area contributed by atoms with Gasteiger partial charge >= 0.3 is 5.97 Å². The molecule has 1 saturated carbocycles. The van der Waals surface area contributed by atoms with E-state index >= 15 is 0 Å². The Hall–Kier alpha value is -1.36. The average Bonchev–Trinajstić information content (AvgIpc) is 3.10. The minimum atomic E-state index is -0.666. The van der Waals surface area contributed by atoms with Gasteiger partial charge in [0.25, 0.3) is 0 Å². The number of likely N-dealkylation sites (tertiary alicyclic amines) is 1. The Morgan fingerprint density at radius 2 is 2.10 bits per heavy atom. The quantitative estimate of drug-likeness (QED) is 0.917. The van der Waals surface area contributed by atoms with Crippen LogP contribution in [0, 0.1) is 5.92 Å². The third kappa shape index (κ3) is 3.03. The third-order valence-electron chi connectivity index (χ3n) is 4.62. The predicted molar refractivity (Wildman–Crippen MR) is 75.4 cm³/mol. The second kappa shape index (κ2) is 5.95. The second-order valence-corrected chi connectivity index (χ2v) is 6.14. The molecule has 1 aliphatic carbocycles. The maximum absolute atomic E-state index is 11.0. The highest BCUT2D eigenvalue weighted by atomic mass is 16.4. The molecule has 3 rings (SSSR count). The molecule has 5 nitrogen and oxygen atoms in total. The molecule has 0 amide bonds. The van der Waals surface area contributed by atoms with Crippen molar-refractivity contribution in [1.82, 2.24) is 14.7 Å². The SMILES string of the molecule is O=C(O)C1CCN(Cc2ccn(C3CCCCC3)n2)C1. The Kier molecular flexibility index (Phi) is 4.05. The van der Waals surface area contributed by atoms with Crippen LogP contribution in [0.1, 0.15) is 50.3 Å². The summed E-state index contributed by atoms with van der Waals surface area (Å²) in [5.41, 5.74) is 1.07. The zero-order chi connectivity index (χ0) is 13.9. The van der Waals surface area contributed by atoms with Crippen molar-refractivity contribution in [3.05, 3.63) is 18.0 Å². The van der Waals surface area contributed by atoms with Gasteiger partial charge in [0, 0.05) is 19.3 Å². The first-order chi connectivity index (χ1) is 9.72. The smallest absolute Gasteiger partial charge is 0.307 e. The summed E-state index contributed by atoms with van der Waals surface area (Å²) in [5.74, 6) is -0.865. The summed E-state index contributed by atoms with van der Waals surface area (Å²) < 4.78 is 2.12. The van der Waals surface area contributed by atoms with Crippen molar-refractivity contribution in [3.63, 3.8) is 0 Å². The van der Waals surface area contributed by atoms with E-state index in [1.54, 1.807) is 0 Å². The molecule has 2 heterocycles. The molecule has 1 saturated heterocycles. The molecule has 2 fully saturated rings. The molecule has 1 aromatic rings. The van der Waals surface area contributed by atoms with Crippen molar-refractivity contribution in [2.24, 2.45) is 5.92 Å². The Bertz CT molecular complexity index is 465. The molecule has 0 spiro atoms. The number of aromatic nitrogens is 2. The summed E-state index contributed by atoms with van der Waals surface area (Å²) >= 11 is 0. The van der Waals surface area contributed by atoms with Crippen molar-refractivity contribution in [1.29, 1.82) is 0 Å².